The molecule has 1 saturated heterocycles. The largest absolute Gasteiger partial charge is 0.385 e. The van der Waals surface area contributed by atoms with Gasteiger partial charge in [0.25, 0.3) is 0 Å². The molecule has 1 N–H and O–H groups in total. The standard InChI is InChI=1S/C14H28N2O2/c1-16(8-3-9-17-2)11-14-7-6-13(18-14)10-15-12-4-5-12/h12-15H,3-11H2,1-2H3. The van der Waals surface area contributed by atoms with Crippen LogP contribution in [0.25, 0.3) is 0 Å². The minimum absolute atomic E-state index is 0.434. The molecule has 1 aliphatic heterocycles. The fourth-order valence-electron chi connectivity index (χ4n) is 2.57. The molecular formula is C14H28N2O2. The number of methoxy groups -OCH3 is 1. The normalized spacial score (nSPS) is 28.2. The van der Waals surface area contributed by atoms with Gasteiger partial charge in [0.2, 0.25) is 0 Å². The molecule has 4 nitrogen and oxygen atoms in total. The first-order valence-electron chi connectivity index (χ1n) is 7.34. The van der Waals surface area contributed by atoms with Gasteiger partial charge in [-0.2, -0.15) is 0 Å². The van der Waals surface area contributed by atoms with E-state index in [4.69, 9.17) is 9.47 Å². The summed E-state index contributed by atoms with van der Waals surface area (Å²) < 4.78 is 11.2. The van der Waals surface area contributed by atoms with E-state index in [1.54, 1.807) is 7.11 Å². The molecule has 1 aliphatic carbocycles. The first-order chi connectivity index (χ1) is 8.78. The summed E-state index contributed by atoms with van der Waals surface area (Å²) in [6.45, 7) is 4.06. The molecule has 1 heterocycles. The summed E-state index contributed by atoms with van der Waals surface area (Å²) >= 11 is 0. The van der Waals surface area contributed by atoms with Gasteiger partial charge >= 0.3 is 0 Å². The molecule has 0 radical (unpaired) electrons. The summed E-state index contributed by atoms with van der Waals surface area (Å²) in [5, 5.41) is 3.56. The van der Waals surface area contributed by atoms with Gasteiger partial charge in [0.15, 0.2) is 0 Å². The Labute approximate surface area is 111 Å². The number of ether oxygens (including phenoxy) is 2. The summed E-state index contributed by atoms with van der Waals surface area (Å²) in [7, 11) is 3.94. The van der Waals surface area contributed by atoms with E-state index in [0.29, 0.717) is 12.2 Å². The summed E-state index contributed by atoms with van der Waals surface area (Å²) in [4.78, 5) is 2.36. The van der Waals surface area contributed by atoms with E-state index >= 15 is 0 Å². The second kappa shape index (κ2) is 7.43. The molecule has 0 spiro atoms. The highest BCUT2D eigenvalue weighted by Gasteiger charge is 2.28. The third-order valence-electron chi connectivity index (χ3n) is 3.81. The van der Waals surface area contributed by atoms with Crippen LogP contribution >= 0.6 is 0 Å². The Bertz CT molecular complexity index is 234. The van der Waals surface area contributed by atoms with Gasteiger partial charge < -0.3 is 19.7 Å². The Kier molecular flexibility index (Phi) is 5.89. The summed E-state index contributed by atoms with van der Waals surface area (Å²) in [6.07, 6.45) is 7.14. The predicted molar refractivity (Wildman–Crippen MR) is 72.9 cm³/mol. The molecule has 4 heteroatoms. The number of hydrogen-bond acceptors (Lipinski definition) is 4. The molecule has 1 saturated carbocycles. The summed E-state index contributed by atoms with van der Waals surface area (Å²) in [5.74, 6) is 0. The lowest BCUT2D eigenvalue weighted by molar-refractivity contribution is 0.0266. The first kappa shape index (κ1) is 14.3. The summed E-state index contributed by atoms with van der Waals surface area (Å²) in [5.41, 5.74) is 0. The van der Waals surface area contributed by atoms with Crippen molar-refractivity contribution in [3.8, 4) is 0 Å². The van der Waals surface area contributed by atoms with Crippen molar-refractivity contribution in [3.05, 3.63) is 0 Å². The van der Waals surface area contributed by atoms with Gasteiger partial charge in [0.05, 0.1) is 12.2 Å². The van der Waals surface area contributed by atoms with E-state index in [2.05, 4.69) is 17.3 Å². The Morgan fingerprint density at radius 2 is 2.00 bits per heavy atom. The molecular weight excluding hydrogens is 228 g/mol. The van der Waals surface area contributed by atoms with E-state index in [9.17, 15) is 0 Å². The summed E-state index contributed by atoms with van der Waals surface area (Å²) in [6, 6.07) is 0.796. The van der Waals surface area contributed by atoms with Crippen LogP contribution in [0.2, 0.25) is 0 Å². The average molecular weight is 256 g/mol. The van der Waals surface area contributed by atoms with Crippen LogP contribution in [0, 0.1) is 0 Å². The third kappa shape index (κ3) is 5.22. The molecule has 0 bridgehead atoms. The quantitative estimate of drug-likeness (QED) is 0.630. The van der Waals surface area contributed by atoms with Gasteiger partial charge in [-0.3, -0.25) is 0 Å². The lowest BCUT2D eigenvalue weighted by Gasteiger charge is -2.21. The molecule has 0 aromatic heterocycles. The number of hydrogen-bond donors (Lipinski definition) is 1. The monoisotopic (exact) mass is 256 g/mol. The fourth-order valence-corrected chi connectivity index (χ4v) is 2.57. The van der Waals surface area contributed by atoms with Crippen LogP contribution in [0.1, 0.15) is 32.1 Å². The minimum atomic E-state index is 0.434. The zero-order valence-corrected chi connectivity index (χ0v) is 11.9. The van der Waals surface area contributed by atoms with Crippen LogP contribution < -0.4 is 5.32 Å². The Hall–Kier alpha value is -0.160. The number of rotatable bonds is 9. The van der Waals surface area contributed by atoms with Crippen LogP contribution in [-0.4, -0.2) is 63.5 Å². The maximum atomic E-state index is 6.08. The number of nitrogens with one attached hydrogen (secondary N) is 1. The molecule has 2 rings (SSSR count). The molecule has 2 fully saturated rings. The Morgan fingerprint density at radius 1 is 1.22 bits per heavy atom. The van der Waals surface area contributed by atoms with E-state index in [0.717, 1.165) is 38.7 Å². The third-order valence-corrected chi connectivity index (χ3v) is 3.81. The maximum absolute atomic E-state index is 6.08. The second-order valence-corrected chi connectivity index (χ2v) is 5.75. The van der Waals surface area contributed by atoms with Crippen LogP contribution in [0.3, 0.4) is 0 Å². The van der Waals surface area contributed by atoms with Gasteiger partial charge in [-0.15, -0.1) is 0 Å². The van der Waals surface area contributed by atoms with Gasteiger partial charge in [-0.05, 0) is 39.2 Å². The SMILES string of the molecule is COCCCN(C)CC1CCC(CNC2CC2)O1. The Morgan fingerprint density at radius 3 is 2.72 bits per heavy atom. The van der Waals surface area contributed by atoms with E-state index in [-0.39, 0.29) is 0 Å². The zero-order chi connectivity index (χ0) is 12.8. The average Bonchev–Trinajstić information content (AvgIpc) is 3.08. The van der Waals surface area contributed by atoms with E-state index in [1.807, 2.05) is 0 Å². The first-order valence-corrected chi connectivity index (χ1v) is 7.34. The predicted octanol–water partition coefficient (Wildman–Crippen LogP) is 1.25. The van der Waals surface area contributed by atoms with E-state index < -0.39 is 0 Å². The Balaban J connectivity index is 1.53. The van der Waals surface area contributed by atoms with Crippen molar-refractivity contribution >= 4 is 0 Å². The van der Waals surface area contributed by atoms with Crippen molar-refractivity contribution in [1.82, 2.24) is 10.2 Å². The van der Waals surface area contributed by atoms with Crippen molar-refractivity contribution in [1.29, 1.82) is 0 Å². The molecule has 0 aromatic rings. The van der Waals surface area contributed by atoms with Crippen LogP contribution in [0.15, 0.2) is 0 Å². The molecule has 18 heavy (non-hydrogen) atoms. The molecule has 2 aliphatic rings. The van der Waals surface area contributed by atoms with Gasteiger partial charge in [0, 0.05) is 39.4 Å². The molecule has 0 aromatic carbocycles. The van der Waals surface area contributed by atoms with Crippen molar-refractivity contribution in [2.24, 2.45) is 0 Å². The lowest BCUT2D eigenvalue weighted by atomic mass is 10.2. The van der Waals surface area contributed by atoms with Crippen molar-refractivity contribution in [2.75, 3.05) is 40.4 Å². The van der Waals surface area contributed by atoms with Crippen molar-refractivity contribution in [3.63, 3.8) is 0 Å². The van der Waals surface area contributed by atoms with Crippen LogP contribution in [0.5, 0.6) is 0 Å². The van der Waals surface area contributed by atoms with Crippen LogP contribution in [-0.2, 0) is 9.47 Å². The zero-order valence-electron chi connectivity index (χ0n) is 11.9. The molecule has 106 valence electrons. The highest BCUT2D eigenvalue weighted by molar-refractivity contribution is 4.84. The minimum Gasteiger partial charge on any atom is -0.385 e. The lowest BCUT2D eigenvalue weighted by Crippen LogP contribution is -2.33. The van der Waals surface area contributed by atoms with E-state index in [1.165, 1.54) is 25.7 Å². The van der Waals surface area contributed by atoms with Gasteiger partial charge in [-0.1, -0.05) is 0 Å². The molecule has 2 unspecified atom stereocenters. The smallest absolute Gasteiger partial charge is 0.0707 e. The molecule has 2 atom stereocenters. The number of nitrogens with zero attached hydrogens (tertiary/aromatic N) is 1. The van der Waals surface area contributed by atoms with Crippen LogP contribution in [0.4, 0.5) is 0 Å². The highest BCUT2D eigenvalue weighted by atomic mass is 16.5. The second-order valence-electron chi connectivity index (χ2n) is 5.75. The fraction of sp³-hybridized carbons (Fsp3) is 1.00. The topological polar surface area (TPSA) is 33.7 Å². The van der Waals surface area contributed by atoms with Gasteiger partial charge in [0.1, 0.15) is 0 Å². The van der Waals surface area contributed by atoms with Crippen molar-refractivity contribution < 1.29 is 9.47 Å². The highest BCUT2D eigenvalue weighted by Crippen LogP contribution is 2.22. The van der Waals surface area contributed by atoms with Crippen molar-refractivity contribution in [2.45, 2.75) is 50.4 Å². The molecule has 0 amide bonds. The van der Waals surface area contributed by atoms with Gasteiger partial charge in [-0.25, -0.2) is 0 Å². The maximum Gasteiger partial charge on any atom is 0.0707 e. The number of likely N-dealkylation sites (N-methyl/N-ethyl adjacent to an activating group) is 1.